The first kappa shape index (κ1) is 14.8. The van der Waals surface area contributed by atoms with Crippen LogP contribution in [0.1, 0.15) is 37.5 Å². The molecular weight excluding hydrogens is 344 g/mol. The van der Waals surface area contributed by atoms with E-state index in [1.165, 1.54) is 21.8 Å². The van der Waals surface area contributed by atoms with Gasteiger partial charge in [0.15, 0.2) is 0 Å². The highest BCUT2D eigenvalue weighted by Gasteiger charge is 2.35. The Morgan fingerprint density at radius 1 is 1.13 bits per heavy atom. The molecule has 3 aromatic rings. The van der Waals surface area contributed by atoms with E-state index >= 15 is 0 Å². The quantitative estimate of drug-likeness (QED) is 0.635. The number of aryl methyl sites for hydroxylation is 1. The van der Waals surface area contributed by atoms with Crippen LogP contribution in [0.5, 0.6) is 0 Å². The standard InChI is InChI=1S/C17H14N2OS3/c1-11-6-9-23-16(11)13-10-12(14-4-2-7-21-14)18-19(13)17(20)15-5-3-8-22-15/h2-9,13H,10H2,1H3. The molecule has 0 spiro atoms. The number of amides is 1. The number of carbonyl (C=O) groups excluding carboxylic acids is 1. The zero-order valence-corrected chi connectivity index (χ0v) is 14.9. The average molecular weight is 359 g/mol. The van der Waals surface area contributed by atoms with Crippen LogP contribution in [0.4, 0.5) is 0 Å². The van der Waals surface area contributed by atoms with Crippen LogP contribution in [0.3, 0.4) is 0 Å². The average Bonchev–Trinajstić information content (AvgIpc) is 3.32. The highest BCUT2D eigenvalue weighted by molar-refractivity contribution is 7.12. The first-order chi connectivity index (χ1) is 11.2. The lowest BCUT2D eigenvalue weighted by Gasteiger charge is -2.20. The Balaban J connectivity index is 1.74. The molecule has 23 heavy (non-hydrogen) atoms. The van der Waals surface area contributed by atoms with Gasteiger partial charge in [-0.25, -0.2) is 5.01 Å². The first-order valence-electron chi connectivity index (χ1n) is 7.26. The molecule has 3 nitrogen and oxygen atoms in total. The van der Waals surface area contributed by atoms with E-state index in [-0.39, 0.29) is 11.9 Å². The minimum Gasteiger partial charge on any atom is -0.266 e. The fraction of sp³-hybridized carbons (Fsp3) is 0.176. The second kappa shape index (κ2) is 6.03. The van der Waals surface area contributed by atoms with E-state index in [9.17, 15) is 4.79 Å². The minimum atomic E-state index is -0.00986. The van der Waals surface area contributed by atoms with Crippen LogP contribution >= 0.6 is 34.0 Å². The molecule has 3 aromatic heterocycles. The number of thiophene rings is 3. The normalized spacial score (nSPS) is 17.5. The van der Waals surface area contributed by atoms with Gasteiger partial charge in [-0.05, 0) is 46.8 Å². The van der Waals surface area contributed by atoms with Crippen LogP contribution in [0.2, 0.25) is 0 Å². The minimum absolute atomic E-state index is 0.00157. The van der Waals surface area contributed by atoms with E-state index in [2.05, 4.69) is 29.5 Å². The fourth-order valence-electron chi connectivity index (χ4n) is 2.73. The second-order valence-corrected chi connectivity index (χ2v) is 8.18. The molecule has 116 valence electrons. The van der Waals surface area contributed by atoms with Gasteiger partial charge in [-0.2, -0.15) is 5.10 Å². The molecule has 0 saturated carbocycles. The smallest absolute Gasteiger partial charge is 0.266 e. The Morgan fingerprint density at radius 2 is 1.96 bits per heavy atom. The van der Waals surface area contributed by atoms with Crippen molar-refractivity contribution in [2.24, 2.45) is 5.10 Å². The molecule has 0 fully saturated rings. The third-order valence-electron chi connectivity index (χ3n) is 3.86. The molecule has 4 rings (SSSR count). The van der Waals surface area contributed by atoms with Crippen molar-refractivity contribution in [2.45, 2.75) is 19.4 Å². The predicted octanol–water partition coefficient (Wildman–Crippen LogP) is 5.17. The number of carbonyl (C=O) groups is 1. The van der Waals surface area contributed by atoms with Crippen LogP contribution in [0, 0.1) is 6.92 Å². The zero-order chi connectivity index (χ0) is 15.8. The van der Waals surface area contributed by atoms with Crippen LogP contribution < -0.4 is 0 Å². The van der Waals surface area contributed by atoms with Gasteiger partial charge in [-0.1, -0.05) is 12.1 Å². The SMILES string of the molecule is Cc1ccsc1C1CC(c2cccs2)=NN1C(=O)c1cccs1. The topological polar surface area (TPSA) is 32.7 Å². The van der Waals surface area contributed by atoms with Gasteiger partial charge >= 0.3 is 0 Å². The molecule has 0 saturated heterocycles. The molecule has 1 aliphatic heterocycles. The first-order valence-corrected chi connectivity index (χ1v) is 9.90. The van der Waals surface area contributed by atoms with E-state index in [1.54, 1.807) is 27.7 Å². The molecule has 0 aromatic carbocycles. The number of nitrogens with zero attached hydrogens (tertiary/aromatic N) is 2. The monoisotopic (exact) mass is 358 g/mol. The van der Waals surface area contributed by atoms with E-state index < -0.39 is 0 Å². The van der Waals surface area contributed by atoms with Gasteiger partial charge in [0, 0.05) is 11.3 Å². The summed E-state index contributed by atoms with van der Waals surface area (Å²) in [6.07, 6.45) is 0.777. The zero-order valence-electron chi connectivity index (χ0n) is 12.4. The van der Waals surface area contributed by atoms with Crippen molar-refractivity contribution < 1.29 is 4.79 Å². The Kier molecular flexibility index (Phi) is 3.88. The fourth-order valence-corrected chi connectivity index (χ4v) is 5.12. The summed E-state index contributed by atoms with van der Waals surface area (Å²) in [6, 6.07) is 9.98. The van der Waals surface area contributed by atoms with Crippen molar-refractivity contribution in [3.63, 3.8) is 0 Å². The Labute approximate surface area is 146 Å². The molecule has 1 unspecified atom stereocenters. The van der Waals surface area contributed by atoms with Gasteiger partial charge < -0.3 is 0 Å². The Hall–Kier alpha value is -1.76. The molecule has 0 aliphatic carbocycles. The molecule has 1 amide bonds. The summed E-state index contributed by atoms with van der Waals surface area (Å²) in [7, 11) is 0. The van der Waals surface area contributed by atoms with Crippen LogP contribution in [-0.2, 0) is 0 Å². The van der Waals surface area contributed by atoms with E-state index in [0.29, 0.717) is 0 Å². The third kappa shape index (κ3) is 2.67. The van der Waals surface area contributed by atoms with Gasteiger partial charge in [-0.15, -0.1) is 34.0 Å². The van der Waals surface area contributed by atoms with Gasteiger partial charge in [0.25, 0.3) is 5.91 Å². The van der Waals surface area contributed by atoms with Crippen molar-refractivity contribution in [2.75, 3.05) is 0 Å². The molecule has 6 heteroatoms. The van der Waals surface area contributed by atoms with Crippen molar-refractivity contribution >= 4 is 45.6 Å². The summed E-state index contributed by atoms with van der Waals surface area (Å²) in [5.74, 6) is -0.00986. The van der Waals surface area contributed by atoms with Crippen LogP contribution in [-0.4, -0.2) is 16.6 Å². The maximum atomic E-state index is 12.9. The van der Waals surface area contributed by atoms with E-state index in [0.717, 1.165) is 21.9 Å². The second-order valence-electron chi connectivity index (χ2n) is 5.34. The summed E-state index contributed by atoms with van der Waals surface area (Å²) < 4.78 is 0. The van der Waals surface area contributed by atoms with Crippen molar-refractivity contribution in [3.8, 4) is 0 Å². The highest BCUT2D eigenvalue weighted by atomic mass is 32.1. The van der Waals surface area contributed by atoms with Gasteiger partial charge in [0.05, 0.1) is 21.5 Å². The molecule has 4 heterocycles. The van der Waals surface area contributed by atoms with Crippen LogP contribution in [0.25, 0.3) is 0 Å². The predicted molar refractivity (Wildman–Crippen MR) is 97.8 cm³/mol. The Morgan fingerprint density at radius 3 is 2.61 bits per heavy atom. The number of hydrogen-bond acceptors (Lipinski definition) is 5. The van der Waals surface area contributed by atoms with E-state index in [4.69, 9.17) is 0 Å². The van der Waals surface area contributed by atoms with E-state index in [1.807, 2.05) is 29.0 Å². The molecule has 0 N–H and O–H groups in total. The van der Waals surface area contributed by atoms with Crippen molar-refractivity contribution in [3.05, 3.63) is 66.7 Å². The highest BCUT2D eigenvalue weighted by Crippen LogP contribution is 2.38. The summed E-state index contributed by atoms with van der Waals surface area (Å²) in [5.41, 5.74) is 2.23. The Bertz CT molecular complexity index is 846. The lowest BCUT2D eigenvalue weighted by Crippen LogP contribution is -2.26. The van der Waals surface area contributed by atoms with Crippen molar-refractivity contribution in [1.29, 1.82) is 0 Å². The lowest BCUT2D eigenvalue weighted by molar-refractivity contribution is 0.0718. The lowest BCUT2D eigenvalue weighted by atomic mass is 10.1. The summed E-state index contributed by atoms with van der Waals surface area (Å²) in [6.45, 7) is 2.10. The molecule has 0 bridgehead atoms. The summed E-state index contributed by atoms with van der Waals surface area (Å²) in [5, 5.41) is 12.4. The number of hydrazone groups is 1. The number of hydrogen-bond donors (Lipinski definition) is 0. The maximum absolute atomic E-state index is 12.9. The molecule has 1 atom stereocenters. The summed E-state index contributed by atoms with van der Waals surface area (Å²) >= 11 is 4.84. The summed E-state index contributed by atoms with van der Waals surface area (Å²) in [4.78, 5) is 16.0. The third-order valence-corrected chi connectivity index (χ3v) is 6.76. The largest absolute Gasteiger partial charge is 0.284 e. The molecule has 0 radical (unpaired) electrons. The van der Waals surface area contributed by atoms with Gasteiger partial charge in [0.2, 0.25) is 0 Å². The van der Waals surface area contributed by atoms with Gasteiger partial charge in [0.1, 0.15) is 0 Å². The van der Waals surface area contributed by atoms with Crippen LogP contribution in [0.15, 0.2) is 51.6 Å². The number of rotatable bonds is 3. The maximum Gasteiger partial charge on any atom is 0.284 e. The van der Waals surface area contributed by atoms with Gasteiger partial charge in [-0.3, -0.25) is 4.79 Å². The van der Waals surface area contributed by atoms with Crippen molar-refractivity contribution in [1.82, 2.24) is 5.01 Å². The molecular formula is C17H14N2OS3. The molecule has 1 aliphatic rings.